The molecule has 2 heterocycles. The standard InChI is InChI=1S/C14H14FN5O/c1-10-4-5-11(15)7-12(10)14-18-13(21-19-14)3-2-6-20-9-16-8-17-20/h4-5,7-9H,2-3,6H2,1H3. The van der Waals surface area contributed by atoms with Gasteiger partial charge in [0.05, 0.1) is 0 Å². The van der Waals surface area contributed by atoms with E-state index in [0.717, 1.165) is 18.5 Å². The van der Waals surface area contributed by atoms with Crippen LogP contribution in [0.25, 0.3) is 11.4 Å². The van der Waals surface area contributed by atoms with Gasteiger partial charge < -0.3 is 4.52 Å². The Morgan fingerprint density at radius 2 is 2.24 bits per heavy atom. The van der Waals surface area contributed by atoms with Crippen LogP contribution in [0.3, 0.4) is 0 Å². The van der Waals surface area contributed by atoms with E-state index in [0.29, 0.717) is 23.7 Å². The SMILES string of the molecule is Cc1ccc(F)cc1-c1noc(CCCn2cncn2)n1. The highest BCUT2D eigenvalue weighted by molar-refractivity contribution is 5.59. The highest BCUT2D eigenvalue weighted by atomic mass is 19.1. The molecule has 0 N–H and O–H groups in total. The van der Waals surface area contributed by atoms with Crippen LogP contribution < -0.4 is 0 Å². The monoisotopic (exact) mass is 287 g/mol. The zero-order valence-corrected chi connectivity index (χ0v) is 11.5. The molecule has 0 unspecified atom stereocenters. The lowest BCUT2D eigenvalue weighted by Gasteiger charge is -1.99. The number of hydrogen-bond acceptors (Lipinski definition) is 5. The highest BCUT2D eigenvalue weighted by Crippen LogP contribution is 2.21. The van der Waals surface area contributed by atoms with Crippen molar-refractivity contribution >= 4 is 0 Å². The summed E-state index contributed by atoms with van der Waals surface area (Å²) in [7, 11) is 0. The van der Waals surface area contributed by atoms with Crippen molar-refractivity contribution in [1.29, 1.82) is 0 Å². The molecule has 0 aliphatic carbocycles. The Morgan fingerprint density at radius 1 is 1.33 bits per heavy atom. The van der Waals surface area contributed by atoms with Crippen molar-refractivity contribution in [3.63, 3.8) is 0 Å². The van der Waals surface area contributed by atoms with Crippen LogP contribution in [0, 0.1) is 12.7 Å². The summed E-state index contributed by atoms with van der Waals surface area (Å²) >= 11 is 0. The zero-order chi connectivity index (χ0) is 14.7. The maximum absolute atomic E-state index is 13.3. The molecule has 108 valence electrons. The molecule has 0 fully saturated rings. The van der Waals surface area contributed by atoms with Crippen molar-refractivity contribution in [2.75, 3.05) is 0 Å². The number of hydrogen-bond donors (Lipinski definition) is 0. The number of benzene rings is 1. The molecule has 0 aliphatic heterocycles. The average Bonchev–Trinajstić information content (AvgIpc) is 3.13. The minimum Gasteiger partial charge on any atom is -0.339 e. The Bertz CT molecular complexity index is 723. The van der Waals surface area contributed by atoms with Crippen molar-refractivity contribution in [3.05, 3.63) is 48.1 Å². The number of nitrogens with zero attached hydrogens (tertiary/aromatic N) is 5. The van der Waals surface area contributed by atoms with E-state index >= 15 is 0 Å². The molecule has 3 aromatic rings. The molecule has 7 heteroatoms. The normalized spacial score (nSPS) is 11.0. The van der Waals surface area contributed by atoms with E-state index in [2.05, 4.69) is 20.2 Å². The molecule has 0 spiro atoms. The first-order chi connectivity index (χ1) is 10.2. The third-order valence-electron chi connectivity index (χ3n) is 3.15. The lowest BCUT2D eigenvalue weighted by molar-refractivity contribution is 0.371. The highest BCUT2D eigenvalue weighted by Gasteiger charge is 2.11. The van der Waals surface area contributed by atoms with Crippen LogP contribution in [0.1, 0.15) is 17.9 Å². The van der Waals surface area contributed by atoms with Crippen LogP contribution in [0.5, 0.6) is 0 Å². The van der Waals surface area contributed by atoms with Gasteiger partial charge in [0.25, 0.3) is 0 Å². The van der Waals surface area contributed by atoms with Crippen molar-refractivity contribution < 1.29 is 8.91 Å². The maximum atomic E-state index is 13.3. The molecule has 0 radical (unpaired) electrons. The van der Waals surface area contributed by atoms with Gasteiger partial charge in [-0.3, -0.25) is 4.68 Å². The zero-order valence-electron chi connectivity index (χ0n) is 11.5. The molecule has 3 rings (SSSR count). The van der Waals surface area contributed by atoms with Gasteiger partial charge in [-0.25, -0.2) is 9.37 Å². The Kier molecular flexibility index (Phi) is 3.72. The average molecular weight is 287 g/mol. The summed E-state index contributed by atoms with van der Waals surface area (Å²) in [4.78, 5) is 8.19. The molecule has 0 saturated heterocycles. The Labute approximate surface area is 120 Å². The second kappa shape index (κ2) is 5.82. The van der Waals surface area contributed by atoms with E-state index in [4.69, 9.17) is 4.52 Å². The summed E-state index contributed by atoms with van der Waals surface area (Å²) in [6.45, 7) is 2.62. The fourth-order valence-electron chi connectivity index (χ4n) is 2.04. The maximum Gasteiger partial charge on any atom is 0.227 e. The first-order valence-corrected chi connectivity index (χ1v) is 6.64. The van der Waals surface area contributed by atoms with E-state index in [1.807, 2.05) is 6.92 Å². The first-order valence-electron chi connectivity index (χ1n) is 6.64. The molecular formula is C14H14FN5O. The van der Waals surface area contributed by atoms with Gasteiger partial charge in [0.1, 0.15) is 18.5 Å². The van der Waals surface area contributed by atoms with E-state index in [1.54, 1.807) is 17.1 Å². The van der Waals surface area contributed by atoms with Crippen LogP contribution in [0.2, 0.25) is 0 Å². The molecule has 6 nitrogen and oxygen atoms in total. The molecule has 0 atom stereocenters. The summed E-state index contributed by atoms with van der Waals surface area (Å²) in [5.41, 5.74) is 1.56. The molecule has 21 heavy (non-hydrogen) atoms. The van der Waals surface area contributed by atoms with Crippen LogP contribution >= 0.6 is 0 Å². The van der Waals surface area contributed by atoms with Gasteiger partial charge in [-0.2, -0.15) is 10.1 Å². The summed E-state index contributed by atoms with van der Waals surface area (Å²) < 4.78 is 20.2. The van der Waals surface area contributed by atoms with Crippen LogP contribution in [0.15, 0.2) is 35.4 Å². The van der Waals surface area contributed by atoms with Gasteiger partial charge in [0.15, 0.2) is 0 Å². The van der Waals surface area contributed by atoms with Gasteiger partial charge in [0.2, 0.25) is 11.7 Å². The van der Waals surface area contributed by atoms with Gasteiger partial charge >= 0.3 is 0 Å². The lowest BCUT2D eigenvalue weighted by Crippen LogP contribution is -2.00. The fraction of sp³-hybridized carbons (Fsp3) is 0.286. The van der Waals surface area contributed by atoms with Gasteiger partial charge in [-0.15, -0.1) is 0 Å². The Morgan fingerprint density at radius 3 is 3.05 bits per heavy atom. The van der Waals surface area contributed by atoms with E-state index in [9.17, 15) is 4.39 Å². The largest absolute Gasteiger partial charge is 0.339 e. The molecule has 0 bridgehead atoms. The number of halogens is 1. The quantitative estimate of drug-likeness (QED) is 0.720. The molecule has 0 saturated carbocycles. The molecule has 2 aromatic heterocycles. The Balaban J connectivity index is 1.67. The van der Waals surface area contributed by atoms with Gasteiger partial charge in [-0.1, -0.05) is 11.2 Å². The molecule has 1 aromatic carbocycles. The third kappa shape index (κ3) is 3.13. The van der Waals surface area contributed by atoms with Gasteiger partial charge in [-0.05, 0) is 31.0 Å². The second-order valence-corrected chi connectivity index (χ2v) is 4.73. The van der Waals surface area contributed by atoms with Crippen LogP contribution in [-0.4, -0.2) is 24.9 Å². The lowest BCUT2D eigenvalue weighted by atomic mass is 10.1. The van der Waals surface area contributed by atoms with Crippen LogP contribution in [0.4, 0.5) is 4.39 Å². The fourth-order valence-corrected chi connectivity index (χ4v) is 2.04. The summed E-state index contributed by atoms with van der Waals surface area (Å²) in [6.07, 6.45) is 4.61. The third-order valence-corrected chi connectivity index (χ3v) is 3.15. The van der Waals surface area contributed by atoms with Gasteiger partial charge in [0, 0.05) is 18.5 Å². The van der Waals surface area contributed by atoms with Crippen molar-refractivity contribution in [2.24, 2.45) is 0 Å². The van der Waals surface area contributed by atoms with E-state index in [-0.39, 0.29) is 5.82 Å². The predicted octanol–water partition coefficient (Wildman–Crippen LogP) is 2.41. The number of aryl methyl sites for hydroxylation is 3. The summed E-state index contributed by atoms with van der Waals surface area (Å²) in [5.74, 6) is 0.643. The van der Waals surface area contributed by atoms with Crippen molar-refractivity contribution in [2.45, 2.75) is 26.3 Å². The smallest absolute Gasteiger partial charge is 0.227 e. The van der Waals surface area contributed by atoms with Crippen LogP contribution in [-0.2, 0) is 13.0 Å². The van der Waals surface area contributed by atoms with E-state index in [1.165, 1.54) is 18.5 Å². The van der Waals surface area contributed by atoms with Crippen molar-refractivity contribution in [1.82, 2.24) is 24.9 Å². The molecule has 0 amide bonds. The second-order valence-electron chi connectivity index (χ2n) is 4.73. The van der Waals surface area contributed by atoms with Crippen molar-refractivity contribution in [3.8, 4) is 11.4 Å². The molecular weight excluding hydrogens is 273 g/mol. The minimum atomic E-state index is -0.312. The first kappa shape index (κ1) is 13.4. The van der Waals surface area contributed by atoms with E-state index < -0.39 is 0 Å². The number of aromatic nitrogens is 5. The summed E-state index contributed by atoms with van der Waals surface area (Å²) in [5, 5.41) is 7.94. The summed E-state index contributed by atoms with van der Waals surface area (Å²) in [6, 6.07) is 4.53. The molecule has 0 aliphatic rings. The number of rotatable bonds is 5. The topological polar surface area (TPSA) is 69.6 Å². The Hall–Kier alpha value is -2.57. The minimum absolute atomic E-state index is 0.312. The predicted molar refractivity (Wildman–Crippen MR) is 72.8 cm³/mol.